The molecule has 0 bridgehead atoms. The first kappa shape index (κ1) is 10.6. The van der Waals surface area contributed by atoms with Crippen molar-refractivity contribution in [3.63, 3.8) is 0 Å². The van der Waals surface area contributed by atoms with Crippen molar-refractivity contribution in [2.75, 3.05) is 0 Å². The molecule has 1 rings (SSSR count). The molecule has 0 atom stereocenters. The number of carboxylic acid groups (broad SMARTS) is 1. The lowest BCUT2D eigenvalue weighted by atomic mass is 10.1. The van der Waals surface area contributed by atoms with Gasteiger partial charge in [-0.05, 0) is 17.7 Å². The maximum absolute atomic E-state index is 12.9. The van der Waals surface area contributed by atoms with Crippen LogP contribution in [0.25, 0.3) is 0 Å². The molecule has 0 aliphatic heterocycles. The summed E-state index contributed by atoms with van der Waals surface area (Å²) >= 11 is 0. The average molecular weight is 204 g/mol. The van der Waals surface area contributed by atoms with Gasteiger partial charge in [-0.3, -0.25) is 4.79 Å². The molecular weight excluding hydrogens is 197 g/mol. The molecule has 76 valence electrons. The van der Waals surface area contributed by atoms with E-state index in [1.807, 2.05) is 0 Å². The summed E-state index contributed by atoms with van der Waals surface area (Å²) in [6.45, 7) is 0. The number of benzene rings is 1. The summed E-state index contributed by atoms with van der Waals surface area (Å²) < 4.78 is 37.2. The fourth-order valence-corrected chi connectivity index (χ4v) is 1.03. The highest BCUT2D eigenvalue weighted by Crippen LogP contribution is 2.21. The number of alkyl halides is 2. The van der Waals surface area contributed by atoms with E-state index in [0.29, 0.717) is 0 Å². The topological polar surface area (TPSA) is 37.3 Å². The summed E-state index contributed by atoms with van der Waals surface area (Å²) in [4.78, 5) is 10.2. The van der Waals surface area contributed by atoms with Gasteiger partial charge in [0.15, 0.2) is 0 Å². The molecule has 0 saturated carbocycles. The summed E-state index contributed by atoms with van der Waals surface area (Å²) in [5, 5.41) is 8.37. The minimum Gasteiger partial charge on any atom is -0.481 e. The van der Waals surface area contributed by atoms with Gasteiger partial charge in [-0.1, -0.05) is 6.07 Å². The Morgan fingerprint density at radius 2 is 2.07 bits per heavy atom. The largest absolute Gasteiger partial charge is 0.481 e. The second-order valence-electron chi connectivity index (χ2n) is 2.72. The van der Waals surface area contributed by atoms with Crippen LogP contribution in [0.3, 0.4) is 0 Å². The van der Waals surface area contributed by atoms with Crippen LogP contribution < -0.4 is 0 Å². The molecule has 1 N–H and O–H groups in total. The van der Waals surface area contributed by atoms with Gasteiger partial charge in [-0.2, -0.15) is 0 Å². The van der Waals surface area contributed by atoms with E-state index >= 15 is 0 Å². The van der Waals surface area contributed by atoms with Gasteiger partial charge in [0.05, 0.1) is 6.42 Å². The highest BCUT2D eigenvalue weighted by Gasteiger charge is 2.12. The molecule has 0 amide bonds. The monoisotopic (exact) mass is 204 g/mol. The first-order valence-electron chi connectivity index (χ1n) is 3.79. The van der Waals surface area contributed by atoms with Crippen molar-refractivity contribution in [3.05, 3.63) is 35.1 Å². The average Bonchev–Trinajstić information content (AvgIpc) is 2.07. The van der Waals surface area contributed by atoms with Gasteiger partial charge >= 0.3 is 5.97 Å². The lowest BCUT2D eigenvalue weighted by molar-refractivity contribution is -0.136. The smallest absolute Gasteiger partial charge is 0.307 e. The van der Waals surface area contributed by atoms with E-state index in [9.17, 15) is 18.0 Å². The van der Waals surface area contributed by atoms with E-state index in [-0.39, 0.29) is 11.1 Å². The molecule has 1 aromatic carbocycles. The molecule has 0 fully saturated rings. The predicted octanol–water partition coefficient (Wildman–Crippen LogP) is 2.39. The number of carboxylic acids is 1. The summed E-state index contributed by atoms with van der Waals surface area (Å²) in [6.07, 6.45) is -3.31. The van der Waals surface area contributed by atoms with Crippen LogP contribution in [0.1, 0.15) is 17.6 Å². The number of carbonyl (C=O) groups is 1. The second kappa shape index (κ2) is 4.13. The third-order valence-electron chi connectivity index (χ3n) is 1.66. The molecule has 0 spiro atoms. The quantitative estimate of drug-likeness (QED) is 0.820. The van der Waals surface area contributed by atoms with Gasteiger partial charge in [0.2, 0.25) is 0 Å². The Kier molecular flexibility index (Phi) is 3.11. The Labute approximate surface area is 78.0 Å². The van der Waals surface area contributed by atoms with Crippen LogP contribution >= 0.6 is 0 Å². The van der Waals surface area contributed by atoms with E-state index in [2.05, 4.69) is 0 Å². The molecular formula is C9H7F3O2. The summed E-state index contributed by atoms with van der Waals surface area (Å²) in [6, 6.07) is 2.65. The molecule has 0 aliphatic rings. The maximum atomic E-state index is 12.9. The highest BCUT2D eigenvalue weighted by molar-refractivity contribution is 5.70. The van der Waals surface area contributed by atoms with Crippen LogP contribution in [0.15, 0.2) is 18.2 Å². The number of hydrogen-bond donors (Lipinski definition) is 1. The van der Waals surface area contributed by atoms with Crippen molar-refractivity contribution in [2.45, 2.75) is 12.8 Å². The number of halogens is 3. The molecule has 0 aromatic heterocycles. The Hall–Kier alpha value is -1.52. The van der Waals surface area contributed by atoms with Crippen molar-refractivity contribution >= 4 is 5.97 Å². The highest BCUT2D eigenvalue weighted by atomic mass is 19.3. The SMILES string of the molecule is O=C(O)Cc1cc(C(F)F)ccc1F. The molecule has 1 aromatic rings. The van der Waals surface area contributed by atoms with Crippen molar-refractivity contribution in [1.82, 2.24) is 0 Å². The Morgan fingerprint density at radius 3 is 2.57 bits per heavy atom. The fraction of sp³-hybridized carbons (Fsp3) is 0.222. The standard InChI is InChI=1S/C9H7F3O2/c10-7-2-1-5(9(11)12)3-6(7)4-8(13)14/h1-3,9H,4H2,(H,13,14). The molecule has 0 saturated heterocycles. The van der Waals surface area contributed by atoms with Gasteiger partial charge in [0.25, 0.3) is 6.43 Å². The van der Waals surface area contributed by atoms with E-state index in [0.717, 1.165) is 18.2 Å². The van der Waals surface area contributed by atoms with E-state index in [1.54, 1.807) is 0 Å². The molecule has 14 heavy (non-hydrogen) atoms. The van der Waals surface area contributed by atoms with Crippen LogP contribution in [0.2, 0.25) is 0 Å². The Balaban J connectivity index is 3.02. The van der Waals surface area contributed by atoms with Gasteiger partial charge in [-0.25, -0.2) is 13.2 Å². The zero-order chi connectivity index (χ0) is 10.7. The molecule has 0 aliphatic carbocycles. The Morgan fingerprint density at radius 1 is 1.43 bits per heavy atom. The minimum atomic E-state index is -2.72. The van der Waals surface area contributed by atoms with E-state index in [1.165, 1.54) is 0 Å². The molecule has 0 unspecified atom stereocenters. The predicted molar refractivity (Wildman–Crippen MR) is 42.7 cm³/mol. The van der Waals surface area contributed by atoms with Crippen LogP contribution in [0.4, 0.5) is 13.2 Å². The summed E-state index contributed by atoms with van der Waals surface area (Å²) in [7, 11) is 0. The third-order valence-corrected chi connectivity index (χ3v) is 1.66. The van der Waals surface area contributed by atoms with Gasteiger partial charge in [0.1, 0.15) is 5.82 Å². The molecule has 2 nitrogen and oxygen atoms in total. The fourth-order valence-electron chi connectivity index (χ4n) is 1.03. The lowest BCUT2D eigenvalue weighted by Crippen LogP contribution is -2.03. The van der Waals surface area contributed by atoms with Gasteiger partial charge in [-0.15, -0.1) is 0 Å². The van der Waals surface area contributed by atoms with E-state index in [4.69, 9.17) is 5.11 Å². The van der Waals surface area contributed by atoms with Gasteiger partial charge < -0.3 is 5.11 Å². The van der Waals surface area contributed by atoms with Crippen LogP contribution in [-0.2, 0) is 11.2 Å². The van der Waals surface area contributed by atoms with Crippen LogP contribution in [0, 0.1) is 5.82 Å². The van der Waals surface area contributed by atoms with Crippen molar-refractivity contribution in [3.8, 4) is 0 Å². The number of rotatable bonds is 3. The zero-order valence-corrected chi connectivity index (χ0v) is 7.01. The van der Waals surface area contributed by atoms with Crippen molar-refractivity contribution in [1.29, 1.82) is 0 Å². The van der Waals surface area contributed by atoms with E-state index < -0.39 is 24.6 Å². The van der Waals surface area contributed by atoms with Gasteiger partial charge in [0, 0.05) is 5.56 Å². The lowest BCUT2D eigenvalue weighted by Gasteiger charge is -2.03. The van der Waals surface area contributed by atoms with Crippen LogP contribution in [0.5, 0.6) is 0 Å². The first-order chi connectivity index (χ1) is 6.50. The molecule has 0 heterocycles. The third kappa shape index (κ3) is 2.48. The minimum absolute atomic E-state index is 0.227. The normalized spacial score (nSPS) is 10.6. The zero-order valence-electron chi connectivity index (χ0n) is 7.01. The molecule has 5 heteroatoms. The second-order valence-corrected chi connectivity index (χ2v) is 2.72. The number of hydrogen-bond acceptors (Lipinski definition) is 1. The molecule has 0 radical (unpaired) electrons. The number of aliphatic carboxylic acids is 1. The maximum Gasteiger partial charge on any atom is 0.307 e. The van der Waals surface area contributed by atoms with Crippen molar-refractivity contribution < 1.29 is 23.1 Å². The van der Waals surface area contributed by atoms with Crippen LogP contribution in [-0.4, -0.2) is 11.1 Å². The first-order valence-corrected chi connectivity index (χ1v) is 3.79. The Bertz CT molecular complexity index is 350. The summed E-state index contributed by atoms with van der Waals surface area (Å²) in [5.41, 5.74) is -0.599. The van der Waals surface area contributed by atoms with Crippen molar-refractivity contribution in [2.24, 2.45) is 0 Å². The summed E-state index contributed by atoms with van der Waals surface area (Å²) in [5.74, 6) is -2.04.